The predicted molar refractivity (Wildman–Crippen MR) is 90.3 cm³/mol. The first-order valence-corrected chi connectivity index (χ1v) is 7.63. The van der Waals surface area contributed by atoms with Gasteiger partial charge in [0.1, 0.15) is 19.3 Å². The molecule has 0 aromatic heterocycles. The average molecular weight is 323 g/mol. The van der Waals surface area contributed by atoms with Gasteiger partial charge in [-0.2, -0.15) is 5.26 Å². The van der Waals surface area contributed by atoms with Crippen LogP contribution in [-0.2, 0) is 4.79 Å². The van der Waals surface area contributed by atoms with Gasteiger partial charge in [0.05, 0.1) is 11.6 Å². The summed E-state index contributed by atoms with van der Waals surface area (Å²) in [7, 11) is 0. The fourth-order valence-corrected chi connectivity index (χ4v) is 2.37. The molecule has 1 aliphatic rings. The van der Waals surface area contributed by atoms with E-state index in [-0.39, 0.29) is 5.91 Å². The minimum absolute atomic E-state index is 0.194. The van der Waals surface area contributed by atoms with Crippen molar-refractivity contribution in [2.24, 2.45) is 0 Å². The molecule has 3 rings (SSSR count). The van der Waals surface area contributed by atoms with Gasteiger partial charge in [0.25, 0.3) is 0 Å². The summed E-state index contributed by atoms with van der Waals surface area (Å²) in [6.07, 6.45) is 0. The number of anilines is 2. The summed E-state index contributed by atoms with van der Waals surface area (Å²) in [6.45, 7) is 2.82. The SMILES string of the molecule is C[C@@H](Nc1ccc2c(c1)OCCO2)C(=O)Nc1cccc(C#N)c1. The monoisotopic (exact) mass is 323 g/mol. The van der Waals surface area contributed by atoms with Crippen molar-refractivity contribution in [2.75, 3.05) is 23.8 Å². The number of amides is 1. The highest BCUT2D eigenvalue weighted by molar-refractivity contribution is 5.96. The third-order valence-corrected chi connectivity index (χ3v) is 3.58. The molecule has 2 aromatic rings. The molecule has 2 aromatic carbocycles. The van der Waals surface area contributed by atoms with Gasteiger partial charge in [-0.05, 0) is 37.3 Å². The van der Waals surface area contributed by atoms with E-state index in [4.69, 9.17) is 14.7 Å². The third kappa shape index (κ3) is 3.58. The van der Waals surface area contributed by atoms with Crippen LogP contribution in [0.2, 0.25) is 0 Å². The van der Waals surface area contributed by atoms with Crippen molar-refractivity contribution in [1.82, 2.24) is 0 Å². The number of carbonyl (C=O) groups excluding carboxylic acids is 1. The molecule has 0 bridgehead atoms. The highest BCUT2D eigenvalue weighted by Gasteiger charge is 2.16. The Balaban J connectivity index is 1.64. The molecule has 1 amide bonds. The number of fused-ring (bicyclic) bond motifs is 1. The summed E-state index contributed by atoms with van der Waals surface area (Å²) in [4.78, 5) is 12.3. The molecule has 1 atom stereocenters. The van der Waals surface area contributed by atoms with Gasteiger partial charge in [-0.25, -0.2) is 0 Å². The normalized spacial score (nSPS) is 13.5. The van der Waals surface area contributed by atoms with Crippen LogP contribution in [0.4, 0.5) is 11.4 Å². The van der Waals surface area contributed by atoms with E-state index >= 15 is 0 Å². The zero-order chi connectivity index (χ0) is 16.9. The van der Waals surface area contributed by atoms with Crippen LogP contribution in [0.5, 0.6) is 11.5 Å². The Morgan fingerprint density at radius 3 is 2.71 bits per heavy atom. The first-order valence-electron chi connectivity index (χ1n) is 7.63. The summed E-state index contributed by atoms with van der Waals surface area (Å²) in [5, 5.41) is 14.8. The summed E-state index contributed by atoms with van der Waals surface area (Å²) in [5.41, 5.74) is 1.86. The van der Waals surface area contributed by atoms with Crippen LogP contribution < -0.4 is 20.1 Å². The maximum atomic E-state index is 12.3. The van der Waals surface area contributed by atoms with Gasteiger partial charge in [-0.15, -0.1) is 0 Å². The minimum Gasteiger partial charge on any atom is -0.486 e. The Hall–Kier alpha value is -3.20. The molecule has 0 fully saturated rings. The van der Waals surface area contributed by atoms with E-state index in [1.54, 1.807) is 31.2 Å². The Morgan fingerprint density at radius 1 is 1.12 bits per heavy atom. The van der Waals surface area contributed by atoms with Gasteiger partial charge < -0.3 is 20.1 Å². The number of nitrogens with one attached hydrogen (secondary N) is 2. The molecule has 122 valence electrons. The zero-order valence-electron chi connectivity index (χ0n) is 13.2. The maximum absolute atomic E-state index is 12.3. The number of ether oxygens (including phenoxy) is 2. The van der Waals surface area contributed by atoms with E-state index < -0.39 is 6.04 Å². The second-order valence-electron chi connectivity index (χ2n) is 5.41. The zero-order valence-corrected chi connectivity index (χ0v) is 13.2. The average Bonchev–Trinajstić information content (AvgIpc) is 2.61. The molecule has 6 heteroatoms. The van der Waals surface area contributed by atoms with Crippen LogP contribution in [0, 0.1) is 11.3 Å². The van der Waals surface area contributed by atoms with E-state index in [0.717, 1.165) is 5.69 Å². The Kier molecular flexibility index (Phi) is 4.52. The summed E-state index contributed by atoms with van der Waals surface area (Å²) in [5.74, 6) is 1.18. The van der Waals surface area contributed by atoms with Crippen LogP contribution in [-0.4, -0.2) is 25.2 Å². The number of nitriles is 1. The van der Waals surface area contributed by atoms with E-state index in [9.17, 15) is 4.79 Å². The molecule has 0 spiro atoms. The molecule has 2 N–H and O–H groups in total. The molecule has 1 heterocycles. The van der Waals surface area contributed by atoms with Crippen LogP contribution in [0.25, 0.3) is 0 Å². The number of hydrogen-bond donors (Lipinski definition) is 2. The number of rotatable bonds is 4. The van der Waals surface area contributed by atoms with Crippen LogP contribution in [0.3, 0.4) is 0 Å². The molecule has 0 aliphatic carbocycles. The molecular formula is C18H17N3O3. The van der Waals surface area contributed by atoms with E-state index in [1.807, 2.05) is 24.3 Å². The molecular weight excluding hydrogens is 306 g/mol. The largest absolute Gasteiger partial charge is 0.486 e. The Morgan fingerprint density at radius 2 is 1.92 bits per heavy atom. The second-order valence-corrected chi connectivity index (χ2v) is 5.41. The first-order chi connectivity index (χ1) is 11.7. The maximum Gasteiger partial charge on any atom is 0.246 e. The predicted octanol–water partition coefficient (Wildman–Crippen LogP) is 2.77. The quantitative estimate of drug-likeness (QED) is 0.904. The van der Waals surface area contributed by atoms with Crippen LogP contribution in [0.15, 0.2) is 42.5 Å². The van der Waals surface area contributed by atoms with Crippen molar-refractivity contribution in [2.45, 2.75) is 13.0 Å². The highest BCUT2D eigenvalue weighted by atomic mass is 16.6. The molecule has 0 unspecified atom stereocenters. The van der Waals surface area contributed by atoms with Crippen LogP contribution in [0.1, 0.15) is 12.5 Å². The first kappa shape index (κ1) is 15.7. The van der Waals surface area contributed by atoms with Crippen LogP contribution >= 0.6 is 0 Å². The lowest BCUT2D eigenvalue weighted by molar-refractivity contribution is -0.116. The number of hydrogen-bond acceptors (Lipinski definition) is 5. The standard InChI is InChI=1S/C18H17N3O3/c1-12(18(22)21-14-4-2-3-13(9-14)11-19)20-15-5-6-16-17(10-15)24-8-7-23-16/h2-6,9-10,12,20H,7-8H2,1H3,(H,21,22)/t12-/m1/s1. The topological polar surface area (TPSA) is 83.4 Å². The second kappa shape index (κ2) is 6.92. The molecule has 0 saturated carbocycles. The lowest BCUT2D eigenvalue weighted by Gasteiger charge is -2.20. The number of nitrogens with zero attached hydrogens (tertiary/aromatic N) is 1. The molecule has 6 nitrogen and oxygen atoms in total. The highest BCUT2D eigenvalue weighted by Crippen LogP contribution is 2.32. The minimum atomic E-state index is -0.460. The summed E-state index contributed by atoms with van der Waals surface area (Å²) in [6, 6.07) is 13.9. The van der Waals surface area contributed by atoms with Crippen molar-refractivity contribution < 1.29 is 14.3 Å². The van der Waals surface area contributed by atoms with Crippen molar-refractivity contribution in [3.8, 4) is 17.6 Å². The van der Waals surface area contributed by atoms with Gasteiger partial charge in [-0.3, -0.25) is 4.79 Å². The Labute approximate surface area is 140 Å². The van der Waals surface area contributed by atoms with Gasteiger partial charge >= 0.3 is 0 Å². The summed E-state index contributed by atoms with van der Waals surface area (Å²) >= 11 is 0. The van der Waals surface area contributed by atoms with Gasteiger partial charge in [-0.1, -0.05) is 6.07 Å². The van der Waals surface area contributed by atoms with Crippen molar-refractivity contribution in [3.05, 3.63) is 48.0 Å². The third-order valence-electron chi connectivity index (χ3n) is 3.58. The fourth-order valence-electron chi connectivity index (χ4n) is 2.37. The smallest absolute Gasteiger partial charge is 0.246 e. The number of carbonyl (C=O) groups is 1. The van der Waals surface area contributed by atoms with E-state index in [2.05, 4.69) is 10.6 Å². The van der Waals surface area contributed by atoms with Crippen molar-refractivity contribution in [3.63, 3.8) is 0 Å². The lowest BCUT2D eigenvalue weighted by Crippen LogP contribution is -2.31. The van der Waals surface area contributed by atoms with E-state index in [1.165, 1.54) is 0 Å². The van der Waals surface area contributed by atoms with E-state index in [0.29, 0.717) is 36.0 Å². The molecule has 0 radical (unpaired) electrons. The molecule has 0 saturated heterocycles. The van der Waals surface area contributed by atoms with Gasteiger partial charge in [0.15, 0.2) is 11.5 Å². The summed E-state index contributed by atoms with van der Waals surface area (Å²) < 4.78 is 11.0. The van der Waals surface area contributed by atoms with Gasteiger partial charge in [0, 0.05) is 17.4 Å². The van der Waals surface area contributed by atoms with Gasteiger partial charge in [0.2, 0.25) is 5.91 Å². The molecule has 1 aliphatic heterocycles. The van der Waals surface area contributed by atoms with Crippen molar-refractivity contribution in [1.29, 1.82) is 5.26 Å². The molecule has 24 heavy (non-hydrogen) atoms. The van der Waals surface area contributed by atoms with Crippen molar-refractivity contribution >= 4 is 17.3 Å². The fraction of sp³-hybridized carbons (Fsp3) is 0.222. The lowest BCUT2D eigenvalue weighted by atomic mass is 10.2. The Bertz CT molecular complexity index is 798. The number of benzene rings is 2.